The fraction of sp³-hybridized carbons (Fsp3) is 0.615. The van der Waals surface area contributed by atoms with Crippen LogP contribution in [-0.4, -0.2) is 73.5 Å². The molecule has 2 atom stereocenters. The van der Waals surface area contributed by atoms with Crippen molar-refractivity contribution in [1.82, 2.24) is 15.0 Å². The second-order valence-electron chi connectivity index (χ2n) is 15.3. The number of unbranched alkanes of at least 4 members (excludes halogenated alkanes) is 5. The molecular formula is C39H44F15N3O2Si. The smallest absolute Gasteiger partial charge is 0.460 e. The molecule has 0 saturated carbocycles. The SMILES string of the molecule is CCCCCC(C)CCCCCCC(C)[SiH2]c1cc(-c2ncc(-c3ccc(OCC(F)(F)C(F)(F)C(F)(F)C(F)(F)C(F)(F)C(F)(F)F)cc3)cn2)nc2c1OCC2(F)F. The maximum absolute atomic E-state index is 14.9. The monoisotopic (exact) mass is 899 g/mol. The average Bonchev–Trinajstić information content (AvgIpc) is 3.48. The number of benzene rings is 1. The van der Waals surface area contributed by atoms with Crippen molar-refractivity contribution < 1.29 is 75.3 Å². The molecule has 1 aromatic carbocycles. The largest absolute Gasteiger partial charge is 0.487 e. The minimum atomic E-state index is -8.01. The Bertz CT molecular complexity index is 1860. The van der Waals surface area contributed by atoms with Gasteiger partial charge in [-0.05, 0) is 40.4 Å². The molecule has 0 spiro atoms. The summed E-state index contributed by atoms with van der Waals surface area (Å²) >= 11 is 0. The molecule has 0 aliphatic carbocycles. The molecule has 4 rings (SSSR count). The fourth-order valence-electron chi connectivity index (χ4n) is 6.62. The molecular weight excluding hydrogens is 856 g/mol. The van der Waals surface area contributed by atoms with E-state index in [0.717, 1.165) is 49.9 Å². The molecule has 1 aliphatic heterocycles. The van der Waals surface area contributed by atoms with Gasteiger partial charge in [0.25, 0.3) is 0 Å². The van der Waals surface area contributed by atoms with E-state index >= 15 is 0 Å². The van der Waals surface area contributed by atoms with Crippen LogP contribution in [0.1, 0.15) is 90.7 Å². The van der Waals surface area contributed by atoms with Gasteiger partial charge in [0.2, 0.25) is 0 Å². The first-order valence-corrected chi connectivity index (χ1v) is 20.8. The fourth-order valence-corrected chi connectivity index (χ4v) is 8.63. The molecule has 2 unspecified atom stereocenters. The zero-order valence-corrected chi connectivity index (χ0v) is 34.1. The minimum absolute atomic E-state index is 0.0328. The van der Waals surface area contributed by atoms with Crippen LogP contribution in [0.2, 0.25) is 5.54 Å². The van der Waals surface area contributed by atoms with Crippen molar-refractivity contribution in [1.29, 1.82) is 0 Å². The predicted octanol–water partition coefficient (Wildman–Crippen LogP) is 12.0. The van der Waals surface area contributed by atoms with Crippen molar-refractivity contribution in [2.45, 2.75) is 132 Å². The van der Waals surface area contributed by atoms with Crippen LogP contribution in [0, 0.1) is 5.92 Å². The van der Waals surface area contributed by atoms with E-state index < -0.39 is 75.9 Å². The van der Waals surface area contributed by atoms with E-state index in [9.17, 15) is 65.9 Å². The Morgan fingerprint density at radius 2 is 1.27 bits per heavy atom. The Kier molecular flexibility index (Phi) is 15.2. The number of alkyl halides is 15. The van der Waals surface area contributed by atoms with E-state index in [1.165, 1.54) is 50.9 Å². The van der Waals surface area contributed by atoms with E-state index in [-0.39, 0.29) is 33.9 Å². The second-order valence-corrected chi connectivity index (χ2v) is 17.9. The van der Waals surface area contributed by atoms with Crippen LogP contribution in [0.3, 0.4) is 0 Å². The Morgan fingerprint density at radius 1 is 0.717 bits per heavy atom. The lowest BCUT2D eigenvalue weighted by molar-refractivity contribution is -0.440. The first kappa shape index (κ1) is 48.9. The van der Waals surface area contributed by atoms with E-state index in [1.807, 2.05) is 0 Å². The third-order valence-electron chi connectivity index (χ3n) is 10.3. The highest BCUT2D eigenvalue weighted by Crippen LogP contribution is 2.60. The van der Waals surface area contributed by atoms with Crippen molar-refractivity contribution in [3.63, 3.8) is 0 Å². The van der Waals surface area contributed by atoms with Gasteiger partial charge in [0.15, 0.2) is 24.7 Å². The highest BCUT2D eigenvalue weighted by atomic mass is 28.2. The molecule has 21 heteroatoms. The number of fused-ring (bicyclic) bond motifs is 1. The van der Waals surface area contributed by atoms with Crippen molar-refractivity contribution >= 4 is 14.7 Å². The van der Waals surface area contributed by atoms with Gasteiger partial charge < -0.3 is 9.47 Å². The molecule has 3 heterocycles. The Morgan fingerprint density at radius 3 is 1.83 bits per heavy atom. The summed E-state index contributed by atoms with van der Waals surface area (Å²) in [4.78, 5) is 12.5. The number of nitrogens with zero attached hydrogens (tertiary/aromatic N) is 3. The normalized spacial score (nSPS) is 16.2. The highest BCUT2D eigenvalue weighted by molar-refractivity contribution is 6.56. The third-order valence-corrected chi connectivity index (χ3v) is 12.4. The van der Waals surface area contributed by atoms with Crippen molar-refractivity contribution in [3.05, 3.63) is 48.4 Å². The highest BCUT2D eigenvalue weighted by Gasteiger charge is 2.90. The maximum atomic E-state index is 14.9. The number of aromatic nitrogens is 3. The van der Waals surface area contributed by atoms with Crippen LogP contribution >= 0.6 is 0 Å². The van der Waals surface area contributed by atoms with Crippen LogP contribution in [0.15, 0.2) is 42.7 Å². The molecule has 3 aromatic rings. The van der Waals surface area contributed by atoms with E-state index in [1.54, 1.807) is 6.07 Å². The summed E-state index contributed by atoms with van der Waals surface area (Å²) in [7, 11) is -1.14. The zero-order chi connectivity index (χ0) is 45.0. The molecule has 336 valence electrons. The summed E-state index contributed by atoms with van der Waals surface area (Å²) in [6, 6.07) is 5.47. The van der Waals surface area contributed by atoms with Crippen molar-refractivity contribution in [2.24, 2.45) is 5.92 Å². The summed E-state index contributed by atoms with van der Waals surface area (Å²) in [5.41, 5.74) is 0.219. The van der Waals surface area contributed by atoms with Crippen LogP contribution in [0.25, 0.3) is 22.6 Å². The van der Waals surface area contributed by atoms with Gasteiger partial charge in [0.1, 0.15) is 17.2 Å². The molecule has 2 aromatic heterocycles. The van der Waals surface area contributed by atoms with Gasteiger partial charge in [-0.25, -0.2) is 15.0 Å². The Hall–Kier alpha value is -3.78. The summed E-state index contributed by atoms with van der Waals surface area (Å²) in [5, 5.41) is 0.642. The van der Waals surface area contributed by atoms with Gasteiger partial charge in [-0.15, -0.1) is 0 Å². The number of hydrogen-bond acceptors (Lipinski definition) is 5. The van der Waals surface area contributed by atoms with E-state index in [0.29, 0.717) is 11.1 Å². The van der Waals surface area contributed by atoms with Gasteiger partial charge in [-0.2, -0.15) is 65.9 Å². The van der Waals surface area contributed by atoms with Crippen LogP contribution in [0.4, 0.5) is 65.9 Å². The third kappa shape index (κ3) is 10.4. The molecule has 60 heavy (non-hydrogen) atoms. The van der Waals surface area contributed by atoms with E-state index in [2.05, 4.69) is 40.5 Å². The number of rotatable bonds is 22. The zero-order valence-electron chi connectivity index (χ0n) is 32.7. The molecule has 0 fully saturated rings. The first-order chi connectivity index (χ1) is 27.7. The maximum Gasteiger partial charge on any atom is 0.460 e. The topological polar surface area (TPSA) is 57.1 Å². The van der Waals surface area contributed by atoms with Crippen molar-refractivity contribution in [3.8, 4) is 34.1 Å². The molecule has 0 saturated heterocycles. The van der Waals surface area contributed by atoms with Gasteiger partial charge >= 0.3 is 41.7 Å². The van der Waals surface area contributed by atoms with Crippen LogP contribution < -0.4 is 14.7 Å². The number of hydrogen-bond donors (Lipinski definition) is 0. The standard InChI is InChI=1S/C39H44F15N3O2Si/c1-4-5-8-11-23(2)12-9-6-7-10-13-24(3)60-29-18-28(57-31-30(29)59-21-33(31,40)41)32-55-19-26(20-56-32)25-14-16-27(17-15-25)58-22-34(42,43)35(44,45)36(46,47)37(48,49)38(50,51)39(52,53)54/h14-20,23-24H,4-13,21-22,60H2,1-3H3. The van der Waals surface area contributed by atoms with Gasteiger partial charge in [-0.1, -0.05) is 97.1 Å². The molecule has 1 aliphatic rings. The minimum Gasteiger partial charge on any atom is -0.487 e. The van der Waals surface area contributed by atoms with E-state index in [4.69, 9.17) is 4.74 Å². The quantitative estimate of drug-likeness (QED) is 0.0571. The second kappa shape index (κ2) is 18.7. The summed E-state index contributed by atoms with van der Waals surface area (Å²) in [6.07, 6.45) is 6.44. The first-order valence-electron chi connectivity index (χ1n) is 19.3. The Labute approximate surface area is 338 Å². The van der Waals surface area contributed by atoms with Gasteiger partial charge in [0.05, 0.1) is 9.52 Å². The molecule has 0 amide bonds. The number of halogens is 15. The lowest BCUT2D eigenvalue weighted by Gasteiger charge is -2.39. The predicted molar refractivity (Wildman–Crippen MR) is 195 cm³/mol. The Balaban J connectivity index is 1.40. The molecule has 5 nitrogen and oxygen atoms in total. The summed E-state index contributed by atoms with van der Waals surface area (Å²) in [5.74, 6) is -41.0. The summed E-state index contributed by atoms with van der Waals surface area (Å²) < 4.78 is 214. The number of pyridine rings is 1. The van der Waals surface area contributed by atoms with Gasteiger partial charge in [-0.3, -0.25) is 0 Å². The summed E-state index contributed by atoms with van der Waals surface area (Å²) in [6.45, 7) is 2.84. The number of ether oxygens (including phenoxy) is 2. The lowest BCUT2D eigenvalue weighted by atomic mass is 9.94. The van der Waals surface area contributed by atoms with Crippen LogP contribution in [-0.2, 0) is 5.92 Å². The van der Waals surface area contributed by atoms with Crippen molar-refractivity contribution in [2.75, 3.05) is 13.2 Å². The van der Waals surface area contributed by atoms with Crippen LogP contribution in [0.5, 0.6) is 11.5 Å². The molecule has 0 N–H and O–H groups in total. The molecule has 0 radical (unpaired) electrons. The average molecular weight is 900 g/mol. The molecule has 0 bridgehead atoms. The lowest BCUT2D eigenvalue weighted by Crippen LogP contribution is -2.70. The van der Waals surface area contributed by atoms with Gasteiger partial charge in [0, 0.05) is 18.0 Å².